The van der Waals surface area contributed by atoms with E-state index in [0.29, 0.717) is 5.92 Å². The zero-order valence-electron chi connectivity index (χ0n) is 14.0. The summed E-state index contributed by atoms with van der Waals surface area (Å²) in [7, 11) is 0. The summed E-state index contributed by atoms with van der Waals surface area (Å²) >= 11 is 0. The van der Waals surface area contributed by atoms with Gasteiger partial charge < -0.3 is 0 Å². The van der Waals surface area contributed by atoms with Crippen molar-refractivity contribution in [2.45, 2.75) is 90.4 Å². The number of unbranched alkanes of at least 4 members (excludes halogenated alkanes) is 4. The second-order valence-electron chi connectivity index (χ2n) is 6.72. The second kappa shape index (κ2) is 9.17. The van der Waals surface area contributed by atoms with Crippen LogP contribution in [0.4, 0.5) is 0 Å². The van der Waals surface area contributed by atoms with Crippen LogP contribution in [0.2, 0.25) is 0 Å². The van der Waals surface area contributed by atoms with Gasteiger partial charge in [0, 0.05) is 5.92 Å². The van der Waals surface area contributed by atoms with Gasteiger partial charge in [-0.2, -0.15) is 10.2 Å². The van der Waals surface area contributed by atoms with E-state index in [1.165, 1.54) is 69.9 Å². The molecule has 0 aromatic carbocycles. The Balaban J connectivity index is 1.67. The monoisotopic (exact) mass is 288 g/mol. The predicted octanol–water partition coefficient (Wildman–Crippen LogP) is 5.67. The average Bonchev–Trinajstić information content (AvgIpc) is 2.55. The van der Waals surface area contributed by atoms with Gasteiger partial charge in [-0.25, -0.2) is 0 Å². The van der Waals surface area contributed by atoms with Crippen molar-refractivity contribution in [3.63, 3.8) is 0 Å². The number of nitrogens with zero attached hydrogens (tertiary/aromatic N) is 2. The fourth-order valence-corrected chi connectivity index (χ4v) is 3.56. The Kier molecular flexibility index (Phi) is 7.18. The van der Waals surface area contributed by atoms with Crippen LogP contribution in [0.5, 0.6) is 0 Å². The van der Waals surface area contributed by atoms with Crippen LogP contribution in [0.15, 0.2) is 12.1 Å². The Labute approximate surface area is 130 Å². The summed E-state index contributed by atoms with van der Waals surface area (Å²) in [5.41, 5.74) is 2.34. The minimum absolute atomic E-state index is 0.666. The molecular formula is C19H32N2. The molecule has 1 aliphatic rings. The highest BCUT2D eigenvalue weighted by Gasteiger charge is 2.23. The molecule has 1 heterocycles. The number of rotatable bonds is 8. The van der Waals surface area contributed by atoms with E-state index in [2.05, 4.69) is 36.2 Å². The van der Waals surface area contributed by atoms with E-state index < -0.39 is 0 Å². The topological polar surface area (TPSA) is 25.8 Å². The highest BCUT2D eigenvalue weighted by Crippen LogP contribution is 2.36. The third kappa shape index (κ3) is 5.41. The first kappa shape index (κ1) is 16.5. The highest BCUT2D eigenvalue weighted by atomic mass is 15.1. The van der Waals surface area contributed by atoms with E-state index in [0.717, 1.165) is 18.0 Å². The van der Waals surface area contributed by atoms with Gasteiger partial charge in [-0.1, -0.05) is 52.4 Å². The molecule has 1 saturated carbocycles. The molecule has 118 valence electrons. The molecule has 0 atom stereocenters. The molecular weight excluding hydrogens is 256 g/mol. The minimum atomic E-state index is 0.666. The van der Waals surface area contributed by atoms with Gasteiger partial charge in [0.1, 0.15) is 0 Å². The molecule has 0 radical (unpaired) electrons. The summed E-state index contributed by atoms with van der Waals surface area (Å²) in [6.07, 6.45) is 15.0. The molecule has 2 rings (SSSR count). The van der Waals surface area contributed by atoms with Gasteiger partial charge in [0.2, 0.25) is 0 Å². The Morgan fingerprint density at radius 3 is 2.29 bits per heavy atom. The molecule has 0 spiro atoms. The molecule has 1 fully saturated rings. The van der Waals surface area contributed by atoms with Crippen molar-refractivity contribution in [3.05, 3.63) is 23.5 Å². The third-order valence-corrected chi connectivity index (χ3v) is 5.08. The van der Waals surface area contributed by atoms with Crippen molar-refractivity contribution >= 4 is 0 Å². The summed E-state index contributed by atoms with van der Waals surface area (Å²) in [5.74, 6) is 1.64. The van der Waals surface area contributed by atoms with E-state index >= 15 is 0 Å². The van der Waals surface area contributed by atoms with E-state index in [-0.39, 0.29) is 0 Å². The van der Waals surface area contributed by atoms with Crippen molar-refractivity contribution < 1.29 is 0 Å². The van der Waals surface area contributed by atoms with Crippen LogP contribution in [0.1, 0.15) is 95.4 Å². The van der Waals surface area contributed by atoms with Gasteiger partial charge in [-0.05, 0) is 50.2 Å². The van der Waals surface area contributed by atoms with Gasteiger partial charge >= 0.3 is 0 Å². The highest BCUT2D eigenvalue weighted by molar-refractivity contribution is 5.11. The Morgan fingerprint density at radius 2 is 1.67 bits per heavy atom. The fraction of sp³-hybridized carbons (Fsp3) is 0.789. The van der Waals surface area contributed by atoms with Gasteiger partial charge in [-0.3, -0.25) is 0 Å². The van der Waals surface area contributed by atoms with Crippen molar-refractivity contribution in [1.82, 2.24) is 10.2 Å². The summed E-state index contributed by atoms with van der Waals surface area (Å²) in [6, 6.07) is 4.36. The normalized spacial score (nSPS) is 22.4. The zero-order valence-corrected chi connectivity index (χ0v) is 14.0. The molecule has 0 amide bonds. The first-order chi connectivity index (χ1) is 10.3. The molecule has 0 bridgehead atoms. The molecule has 0 saturated heterocycles. The summed E-state index contributed by atoms with van der Waals surface area (Å²) in [4.78, 5) is 0. The fourth-order valence-electron chi connectivity index (χ4n) is 3.56. The molecule has 0 unspecified atom stereocenters. The van der Waals surface area contributed by atoms with Crippen LogP contribution in [-0.2, 0) is 6.42 Å². The van der Waals surface area contributed by atoms with E-state index in [1.807, 2.05) is 0 Å². The van der Waals surface area contributed by atoms with Crippen molar-refractivity contribution in [1.29, 1.82) is 0 Å². The lowest BCUT2D eigenvalue weighted by molar-refractivity contribution is 0.298. The maximum atomic E-state index is 4.44. The first-order valence-corrected chi connectivity index (χ1v) is 9.16. The average molecular weight is 288 g/mol. The first-order valence-electron chi connectivity index (χ1n) is 9.16. The van der Waals surface area contributed by atoms with Crippen molar-refractivity contribution in [3.8, 4) is 0 Å². The van der Waals surface area contributed by atoms with Gasteiger partial charge in [0.25, 0.3) is 0 Å². The maximum absolute atomic E-state index is 4.44. The molecule has 2 nitrogen and oxygen atoms in total. The predicted molar refractivity (Wildman–Crippen MR) is 89.5 cm³/mol. The molecule has 2 heteroatoms. The lowest BCUT2D eigenvalue weighted by atomic mass is 9.78. The van der Waals surface area contributed by atoms with Crippen LogP contribution in [0.3, 0.4) is 0 Å². The van der Waals surface area contributed by atoms with Crippen LogP contribution in [-0.4, -0.2) is 10.2 Å². The number of hydrogen-bond acceptors (Lipinski definition) is 2. The standard InChI is InChI=1S/C19H32N2/c1-3-5-6-7-8-9-16-10-12-17(13-11-16)19-15-14-18(4-2)20-21-19/h14-17H,3-13H2,1-2H3. The molecule has 21 heavy (non-hydrogen) atoms. The minimum Gasteiger partial charge on any atom is -0.155 e. The largest absolute Gasteiger partial charge is 0.155 e. The lowest BCUT2D eigenvalue weighted by Gasteiger charge is -2.28. The van der Waals surface area contributed by atoms with Crippen molar-refractivity contribution in [2.24, 2.45) is 5.92 Å². The van der Waals surface area contributed by atoms with Crippen LogP contribution < -0.4 is 0 Å². The summed E-state index contributed by atoms with van der Waals surface area (Å²) in [5, 5.41) is 8.76. The number of hydrogen-bond donors (Lipinski definition) is 0. The Hall–Kier alpha value is -0.920. The van der Waals surface area contributed by atoms with Gasteiger partial charge in [0.05, 0.1) is 11.4 Å². The number of aromatic nitrogens is 2. The maximum Gasteiger partial charge on any atom is 0.0662 e. The summed E-state index contributed by atoms with van der Waals surface area (Å²) in [6.45, 7) is 4.42. The third-order valence-electron chi connectivity index (χ3n) is 5.08. The quantitative estimate of drug-likeness (QED) is 0.576. The molecule has 1 aromatic rings. The Bertz CT molecular complexity index is 377. The van der Waals surface area contributed by atoms with E-state index in [4.69, 9.17) is 0 Å². The zero-order chi connectivity index (χ0) is 14.9. The SMILES string of the molecule is CCCCCCCC1CCC(c2ccc(CC)nn2)CC1. The van der Waals surface area contributed by atoms with Crippen LogP contribution >= 0.6 is 0 Å². The smallest absolute Gasteiger partial charge is 0.0662 e. The van der Waals surface area contributed by atoms with Gasteiger partial charge in [0.15, 0.2) is 0 Å². The van der Waals surface area contributed by atoms with E-state index in [9.17, 15) is 0 Å². The molecule has 1 aromatic heterocycles. The summed E-state index contributed by atoms with van der Waals surface area (Å²) < 4.78 is 0. The van der Waals surface area contributed by atoms with Crippen molar-refractivity contribution in [2.75, 3.05) is 0 Å². The van der Waals surface area contributed by atoms with E-state index in [1.54, 1.807) is 0 Å². The molecule has 0 N–H and O–H groups in total. The second-order valence-corrected chi connectivity index (χ2v) is 6.72. The van der Waals surface area contributed by atoms with Crippen LogP contribution in [0, 0.1) is 5.92 Å². The van der Waals surface area contributed by atoms with Gasteiger partial charge in [-0.15, -0.1) is 0 Å². The Morgan fingerprint density at radius 1 is 0.905 bits per heavy atom. The van der Waals surface area contributed by atoms with Crippen LogP contribution in [0.25, 0.3) is 0 Å². The lowest BCUT2D eigenvalue weighted by Crippen LogP contribution is -2.15. The molecule has 1 aliphatic carbocycles. The molecule has 0 aliphatic heterocycles. The number of aryl methyl sites for hydroxylation is 1.